The van der Waals surface area contributed by atoms with Crippen LogP contribution in [-0.4, -0.2) is 30.3 Å². The Balaban J connectivity index is 1.62. The molecule has 0 saturated heterocycles. The van der Waals surface area contributed by atoms with Gasteiger partial charge in [0.1, 0.15) is 5.60 Å². The van der Waals surface area contributed by atoms with E-state index < -0.39 is 17.4 Å². The zero-order valence-corrected chi connectivity index (χ0v) is 15.5. The van der Waals surface area contributed by atoms with Crippen LogP contribution in [0, 0.1) is 13.8 Å². The van der Waals surface area contributed by atoms with Gasteiger partial charge in [-0.1, -0.05) is 18.2 Å². The van der Waals surface area contributed by atoms with E-state index in [2.05, 4.69) is 10.6 Å². The molecule has 3 rings (SSSR count). The molecule has 0 aliphatic carbocycles. The number of anilines is 1. The summed E-state index contributed by atoms with van der Waals surface area (Å²) in [5.74, 6) is -0.472. The van der Waals surface area contributed by atoms with E-state index >= 15 is 0 Å². The molecule has 1 atom stereocenters. The van der Waals surface area contributed by atoms with Crippen molar-refractivity contribution in [1.82, 2.24) is 5.32 Å². The molecule has 2 aromatic rings. The molecule has 2 amide bonds. The van der Waals surface area contributed by atoms with Gasteiger partial charge in [-0.25, -0.2) is 0 Å². The van der Waals surface area contributed by atoms with Crippen molar-refractivity contribution in [2.24, 2.45) is 0 Å². The third-order valence-corrected chi connectivity index (χ3v) is 4.44. The molecule has 27 heavy (non-hydrogen) atoms. The zero-order chi connectivity index (χ0) is 19.6. The Bertz CT molecular complexity index is 892. The molecule has 7 heteroatoms. The van der Waals surface area contributed by atoms with Gasteiger partial charge in [-0.3, -0.25) is 9.59 Å². The molecule has 142 valence electrons. The Hall–Kier alpha value is -3.06. The van der Waals surface area contributed by atoms with Gasteiger partial charge < -0.3 is 25.2 Å². The van der Waals surface area contributed by atoms with Gasteiger partial charge in [0.2, 0.25) is 6.79 Å². The number of rotatable bonds is 4. The first-order valence-electron chi connectivity index (χ1n) is 8.55. The highest BCUT2D eigenvalue weighted by Gasteiger charge is 2.28. The lowest BCUT2D eigenvalue weighted by Gasteiger charge is -2.24. The van der Waals surface area contributed by atoms with E-state index in [-0.39, 0.29) is 13.3 Å². The number of nitrogens with one attached hydrogen (secondary N) is 2. The summed E-state index contributed by atoms with van der Waals surface area (Å²) in [4.78, 5) is 24.3. The number of carbonyl (C=O) groups excluding carboxylic acids is 2. The van der Waals surface area contributed by atoms with Crippen LogP contribution in [0.25, 0.3) is 0 Å². The number of fused-ring (bicyclic) bond motifs is 1. The molecular formula is C20H22N2O5. The van der Waals surface area contributed by atoms with Gasteiger partial charge in [0.05, 0.1) is 6.54 Å². The van der Waals surface area contributed by atoms with Crippen LogP contribution in [0.2, 0.25) is 0 Å². The Morgan fingerprint density at radius 1 is 1.07 bits per heavy atom. The lowest BCUT2D eigenvalue weighted by Crippen LogP contribution is -2.43. The highest BCUT2D eigenvalue weighted by molar-refractivity contribution is 6.39. The van der Waals surface area contributed by atoms with Crippen LogP contribution in [0.5, 0.6) is 11.5 Å². The van der Waals surface area contributed by atoms with E-state index in [1.54, 1.807) is 31.2 Å². The number of aryl methyl sites for hydroxylation is 2. The summed E-state index contributed by atoms with van der Waals surface area (Å²) in [7, 11) is 0. The van der Waals surface area contributed by atoms with Crippen LogP contribution >= 0.6 is 0 Å². The zero-order valence-electron chi connectivity index (χ0n) is 15.5. The molecule has 1 aliphatic heterocycles. The number of ether oxygens (including phenoxy) is 2. The maximum absolute atomic E-state index is 12.1. The quantitative estimate of drug-likeness (QED) is 0.715. The molecule has 0 radical (unpaired) electrons. The topological polar surface area (TPSA) is 96.9 Å². The van der Waals surface area contributed by atoms with Gasteiger partial charge in [-0.05, 0) is 55.7 Å². The lowest BCUT2D eigenvalue weighted by molar-refractivity contribution is -0.136. The van der Waals surface area contributed by atoms with Crippen LogP contribution in [0.3, 0.4) is 0 Å². The highest BCUT2D eigenvalue weighted by atomic mass is 16.7. The largest absolute Gasteiger partial charge is 0.454 e. The van der Waals surface area contributed by atoms with Gasteiger partial charge in [0.25, 0.3) is 0 Å². The van der Waals surface area contributed by atoms with Crippen LogP contribution in [0.15, 0.2) is 36.4 Å². The molecule has 1 aliphatic rings. The first-order valence-corrected chi connectivity index (χ1v) is 8.55. The molecule has 0 bridgehead atoms. The smallest absolute Gasteiger partial charge is 0.313 e. The number of amides is 2. The van der Waals surface area contributed by atoms with Gasteiger partial charge in [-0.15, -0.1) is 0 Å². The molecule has 3 N–H and O–H groups in total. The first kappa shape index (κ1) is 18.7. The number of hydrogen-bond donors (Lipinski definition) is 3. The Labute approximate surface area is 157 Å². The number of hydrogen-bond acceptors (Lipinski definition) is 5. The molecule has 1 heterocycles. The lowest BCUT2D eigenvalue weighted by atomic mass is 9.95. The Kier molecular flexibility index (Phi) is 5.05. The van der Waals surface area contributed by atoms with Crippen molar-refractivity contribution in [3.8, 4) is 11.5 Å². The fourth-order valence-electron chi connectivity index (χ4n) is 2.72. The van der Waals surface area contributed by atoms with Crippen molar-refractivity contribution in [2.75, 3.05) is 18.7 Å². The fourth-order valence-corrected chi connectivity index (χ4v) is 2.72. The molecule has 2 aromatic carbocycles. The third-order valence-electron chi connectivity index (χ3n) is 4.44. The van der Waals surface area contributed by atoms with Gasteiger partial charge in [0, 0.05) is 5.69 Å². The Morgan fingerprint density at radius 3 is 2.59 bits per heavy atom. The van der Waals surface area contributed by atoms with Crippen LogP contribution in [0.1, 0.15) is 23.6 Å². The van der Waals surface area contributed by atoms with Crippen molar-refractivity contribution in [3.05, 3.63) is 53.1 Å². The summed E-state index contributed by atoms with van der Waals surface area (Å²) in [5, 5.41) is 15.7. The van der Waals surface area contributed by atoms with Gasteiger partial charge >= 0.3 is 11.8 Å². The predicted molar refractivity (Wildman–Crippen MR) is 99.7 cm³/mol. The second kappa shape index (κ2) is 7.28. The maximum atomic E-state index is 12.1. The maximum Gasteiger partial charge on any atom is 0.313 e. The van der Waals surface area contributed by atoms with Crippen molar-refractivity contribution >= 4 is 17.5 Å². The minimum Gasteiger partial charge on any atom is -0.454 e. The highest BCUT2D eigenvalue weighted by Crippen LogP contribution is 2.35. The minimum absolute atomic E-state index is 0.133. The summed E-state index contributed by atoms with van der Waals surface area (Å²) in [6.45, 7) is 5.30. The van der Waals surface area contributed by atoms with Crippen molar-refractivity contribution < 1.29 is 24.2 Å². The van der Waals surface area contributed by atoms with Gasteiger partial charge in [0.15, 0.2) is 11.5 Å². The second-order valence-corrected chi connectivity index (χ2v) is 6.80. The number of aliphatic hydroxyl groups is 1. The van der Waals surface area contributed by atoms with E-state index in [9.17, 15) is 14.7 Å². The summed E-state index contributed by atoms with van der Waals surface area (Å²) in [6, 6.07) is 10.6. The second-order valence-electron chi connectivity index (χ2n) is 6.80. The molecule has 1 unspecified atom stereocenters. The molecule has 0 saturated carbocycles. The van der Waals surface area contributed by atoms with Crippen LogP contribution in [0.4, 0.5) is 5.69 Å². The SMILES string of the molecule is Cc1ccc(C)c(NC(=O)C(=O)NCC(C)(O)c2ccc3c(c2)OCO3)c1. The first-order chi connectivity index (χ1) is 12.8. The predicted octanol–water partition coefficient (Wildman–Crippen LogP) is 1.99. The number of carbonyl (C=O) groups is 2. The summed E-state index contributed by atoms with van der Waals surface area (Å²) in [6.07, 6.45) is 0. The van der Waals surface area contributed by atoms with E-state index in [0.717, 1.165) is 11.1 Å². The third kappa shape index (κ3) is 4.20. The van der Waals surface area contributed by atoms with Crippen LogP contribution < -0.4 is 20.1 Å². The van der Waals surface area contributed by atoms with Crippen molar-refractivity contribution in [1.29, 1.82) is 0 Å². The molecular weight excluding hydrogens is 348 g/mol. The normalized spacial score (nSPS) is 14.4. The van der Waals surface area contributed by atoms with Crippen LogP contribution in [-0.2, 0) is 15.2 Å². The summed E-state index contributed by atoms with van der Waals surface area (Å²) < 4.78 is 10.5. The summed E-state index contributed by atoms with van der Waals surface area (Å²) in [5.41, 5.74) is 1.58. The Morgan fingerprint density at radius 2 is 1.81 bits per heavy atom. The van der Waals surface area contributed by atoms with E-state index in [0.29, 0.717) is 22.7 Å². The fraction of sp³-hybridized carbons (Fsp3) is 0.300. The van der Waals surface area contributed by atoms with E-state index in [1.165, 1.54) is 0 Å². The standard InChI is InChI=1S/C20H22N2O5/c1-12-4-5-13(2)15(8-12)22-19(24)18(23)21-10-20(3,25)14-6-7-16-17(9-14)27-11-26-16/h4-9,25H,10-11H2,1-3H3,(H,21,23)(H,22,24). The molecule has 7 nitrogen and oxygen atoms in total. The van der Waals surface area contributed by atoms with E-state index in [4.69, 9.17) is 9.47 Å². The molecule has 0 aromatic heterocycles. The van der Waals surface area contributed by atoms with Crippen molar-refractivity contribution in [3.63, 3.8) is 0 Å². The van der Waals surface area contributed by atoms with E-state index in [1.807, 2.05) is 26.0 Å². The average Bonchev–Trinajstić information content (AvgIpc) is 3.10. The average molecular weight is 370 g/mol. The van der Waals surface area contributed by atoms with Crippen molar-refractivity contribution in [2.45, 2.75) is 26.4 Å². The minimum atomic E-state index is -1.38. The monoisotopic (exact) mass is 370 g/mol. The van der Waals surface area contributed by atoms with Gasteiger partial charge in [-0.2, -0.15) is 0 Å². The molecule has 0 spiro atoms. The molecule has 0 fully saturated rings. The number of benzene rings is 2. The summed E-state index contributed by atoms with van der Waals surface area (Å²) >= 11 is 0.